The van der Waals surface area contributed by atoms with Gasteiger partial charge in [0, 0.05) is 30.0 Å². The molecule has 0 radical (unpaired) electrons. The third-order valence-electron chi connectivity index (χ3n) is 2.77. The van der Waals surface area contributed by atoms with Gasteiger partial charge in [-0.2, -0.15) is 0 Å². The number of nitrogens with zero attached hydrogens (tertiary/aromatic N) is 2. The van der Waals surface area contributed by atoms with Crippen LogP contribution in [0.15, 0.2) is 46.7 Å². The Morgan fingerprint density at radius 1 is 1.14 bits per heavy atom. The van der Waals surface area contributed by atoms with E-state index in [1.165, 1.54) is 11.8 Å². The maximum Gasteiger partial charge on any atom is 0.192 e. The third-order valence-corrected chi connectivity index (χ3v) is 3.73. The molecule has 0 aliphatic rings. The van der Waals surface area contributed by atoms with Crippen molar-refractivity contribution in [3.05, 3.63) is 42.2 Å². The lowest BCUT2D eigenvalue weighted by Gasteiger charge is -2.20. The summed E-state index contributed by atoms with van der Waals surface area (Å²) in [5, 5.41) is 4.14. The number of hydrogen-bond donors (Lipinski definition) is 1. The number of aromatic nitrogens is 2. The molecule has 0 bridgehead atoms. The molecule has 4 nitrogen and oxygen atoms in total. The minimum Gasteiger partial charge on any atom is -0.496 e. The molecular formula is C16H21N3OS. The third kappa shape index (κ3) is 5.02. The number of benzene rings is 1. The molecule has 0 aliphatic heterocycles. The summed E-state index contributed by atoms with van der Waals surface area (Å²) >= 11 is 1.50. The highest BCUT2D eigenvalue weighted by molar-refractivity contribution is 7.99. The second kappa shape index (κ2) is 6.91. The Labute approximate surface area is 130 Å². The Balaban J connectivity index is 2.02. The van der Waals surface area contributed by atoms with Gasteiger partial charge in [0.2, 0.25) is 0 Å². The predicted molar refractivity (Wildman–Crippen MR) is 85.7 cm³/mol. The van der Waals surface area contributed by atoms with E-state index in [9.17, 15) is 0 Å². The molecule has 1 N–H and O–H groups in total. The van der Waals surface area contributed by atoms with E-state index in [-0.39, 0.29) is 5.54 Å². The average molecular weight is 303 g/mol. The van der Waals surface area contributed by atoms with Gasteiger partial charge in [-0.3, -0.25) is 0 Å². The molecule has 1 aromatic heterocycles. The van der Waals surface area contributed by atoms with Gasteiger partial charge in [-0.15, -0.1) is 0 Å². The van der Waals surface area contributed by atoms with Gasteiger partial charge in [-0.25, -0.2) is 9.97 Å². The quantitative estimate of drug-likeness (QED) is 0.856. The number of hydrogen-bond acceptors (Lipinski definition) is 5. The van der Waals surface area contributed by atoms with Crippen molar-refractivity contribution in [1.29, 1.82) is 0 Å². The van der Waals surface area contributed by atoms with Gasteiger partial charge in [0.1, 0.15) is 5.75 Å². The first kappa shape index (κ1) is 15.8. The number of ether oxygens (including phenoxy) is 1. The summed E-state index contributed by atoms with van der Waals surface area (Å²) in [6.45, 7) is 7.18. The van der Waals surface area contributed by atoms with E-state index in [0.29, 0.717) is 0 Å². The Kier molecular flexibility index (Phi) is 5.20. The summed E-state index contributed by atoms with van der Waals surface area (Å²) in [5.41, 5.74) is 1.17. The van der Waals surface area contributed by atoms with Gasteiger partial charge < -0.3 is 10.1 Å². The second-order valence-corrected chi connectivity index (χ2v) is 6.74. The first-order valence-electron chi connectivity index (χ1n) is 6.85. The molecule has 0 atom stereocenters. The van der Waals surface area contributed by atoms with Crippen molar-refractivity contribution < 1.29 is 4.74 Å². The zero-order valence-corrected chi connectivity index (χ0v) is 13.7. The molecule has 21 heavy (non-hydrogen) atoms. The fraction of sp³-hybridized carbons (Fsp3) is 0.375. The monoisotopic (exact) mass is 303 g/mol. The average Bonchev–Trinajstić information content (AvgIpc) is 2.46. The summed E-state index contributed by atoms with van der Waals surface area (Å²) in [4.78, 5) is 9.83. The van der Waals surface area contributed by atoms with Crippen LogP contribution < -0.4 is 10.1 Å². The molecule has 0 fully saturated rings. The number of rotatable bonds is 5. The van der Waals surface area contributed by atoms with E-state index in [1.807, 2.05) is 36.7 Å². The van der Waals surface area contributed by atoms with Crippen LogP contribution in [0.5, 0.6) is 5.75 Å². The fourth-order valence-corrected chi connectivity index (χ4v) is 2.46. The van der Waals surface area contributed by atoms with E-state index in [2.05, 4.69) is 36.1 Å². The minimum atomic E-state index is 0.0881. The molecule has 0 spiro atoms. The van der Waals surface area contributed by atoms with Crippen LogP contribution >= 0.6 is 11.8 Å². The minimum absolute atomic E-state index is 0.0881. The van der Waals surface area contributed by atoms with E-state index >= 15 is 0 Å². The number of methoxy groups -OCH3 is 1. The van der Waals surface area contributed by atoms with Crippen molar-refractivity contribution in [3.63, 3.8) is 0 Å². The largest absolute Gasteiger partial charge is 0.496 e. The summed E-state index contributed by atoms with van der Waals surface area (Å²) in [7, 11) is 1.67. The van der Waals surface area contributed by atoms with Crippen LogP contribution in [0.3, 0.4) is 0 Å². The Morgan fingerprint density at radius 3 is 2.43 bits per heavy atom. The lowest BCUT2D eigenvalue weighted by molar-refractivity contribution is 0.405. The highest BCUT2D eigenvalue weighted by Crippen LogP contribution is 2.32. The summed E-state index contributed by atoms with van der Waals surface area (Å²) in [5.74, 6) is 0.838. The zero-order chi connectivity index (χ0) is 15.3. The molecule has 5 heteroatoms. The van der Waals surface area contributed by atoms with Crippen molar-refractivity contribution in [1.82, 2.24) is 15.3 Å². The lowest BCUT2D eigenvalue weighted by Crippen LogP contribution is -2.35. The summed E-state index contributed by atoms with van der Waals surface area (Å²) < 4.78 is 5.33. The van der Waals surface area contributed by atoms with Crippen molar-refractivity contribution in [2.45, 2.75) is 42.9 Å². The van der Waals surface area contributed by atoms with Gasteiger partial charge >= 0.3 is 0 Å². The van der Waals surface area contributed by atoms with Crippen LogP contribution in [-0.2, 0) is 6.54 Å². The maximum absolute atomic E-state index is 5.33. The molecule has 0 aliphatic carbocycles. The van der Waals surface area contributed by atoms with Crippen molar-refractivity contribution in [3.8, 4) is 5.75 Å². The zero-order valence-electron chi connectivity index (χ0n) is 12.9. The van der Waals surface area contributed by atoms with Crippen LogP contribution in [0, 0.1) is 0 Å². The van der Waals surface area contributed by atoms with Crippen LogP contribution in [0.4, 0.5) is 0 Å². The smallest absolute Gasteiger partial charge is 0.192 e. The molecule has 0 unspecified atom stereocenters. The van der Waals surface area contributed by atoms with Crippen LogP contribution in [0.1, 0.15) is 26.3 Å². The van der Waals surface area contributed by atoms with Crippen LogP contribution in [0.2, 0.25) is 0 Å². The van der Waals surface area contributed by atoms with Gasteiger partial charge in [0.25, 0.3) is 0 Å². The number of para-hydroxylation sites is 1. The van der Waals surface area contributed by atoms with Gasteiger partial charge in [-0.1, -0.05) is 12.1 Å². The maximum atomic E-state index is 5.33. The first-order chi connectivity index (χ1) is 9.98. The topological polar surface area (TPSA) is 47.0 Å². The Bertz CT molecular complexity index is 579. The molecule has 1 heterocycles. The van der Waals surface area contributed by atoms with E-state index < -0.39 is 0 Å². The standard InChI is InChI=1S/C16H21N3OS/c1-16(2,3)19-11-12-9-17-15(18-10-12)21-14-8-6-5-7-13(14)20-4/h5-10,19H,11H2,1-4H3. The van der Waals surface area contributed by atoms with Gasteiger partial charge in [0.15, 0.2) is 5.16 Å². The summed E-state index contributed by atoms with van der Waals surface area (Å²) in [6, 6.07) is 7.86. The molecule has 0 amide bonds. The highest BCUT2D eigenvalue weighted by Gasteiger charge is 2.09. The normalized spacial score (nSPS) is 11.4. The number of nitrogens with one attached hydrogen (secondary N) is 1. The fourth-order valence-electron chi connectivity index (χ4n) is 1.66. The van der Waals surface area contributed by atoms with Crippen molar-refractivity contribution >= 4 is 11.8 Å². The van der Waals surface area contributed by atoms with Crippen LogP contribution in [-0.4, -0.2) is 22.6 Å². The molecule has 0 saturated carbocycles. The van der Waals surface area contributed by atoms with Crippen LogP contribution in [0.25, 0.3) is 0 Å². The predicted octanol–water partition coefficient (Wildman–Crippen LogP) is 3.52. The van der Waals surface area contributed by atoms with Crippen molar-refractivity contribution in [2.24, 2.45) is 0 Å². The first-order valence-corrected chi connectivity index (χ1v) is 7.66. The second-order valence-electron chi connectivity index (χ2n) is 5.73. The van der Waals surface area contributed by atoms with E-state index in [0.717, 1.165) is 27.9 Å². The SMILES string of the molecule is COc1ccccc1Sc1ncc(CNC(C)(C)C)cn1. The van der Waals surface area contributed by atoms with Crippen molar-refractivity contribution in [2.75, 3.05) is 7.11 Å². The molecular weight excluding hydrogens is 282 g/mol. The Hall–Kier alpha value is -1.59. The molecule has 0 saturated heterocycles. The molecule has 2 aromatic rings. The van der Waals surface area contributed by atoms with Gasteiger partial charge in [-0.05, 0) is 44.7 Å². The summed E-state index contributed by atoms with van der Waals surface area (Å²) in [6.07, 6.45) is 3.73. The highest BCUT2D eigenvalue weighted by atomic mass is 32.2. The lowest BCUT2D eigenvalue weighted by atomic mass is 10.1. The van der Waals surface area contributed by atoms with E-state index in [4.69, 9.17) is 4.74 Å². The van der Waals surface area contributed by atoms with E-state index in [1.54, 1.807) is 7.11 Å². The molecule has 2 rings (SSSR count). The molecule has 112 valence electrons. The molecule has 1 aromatic carbocycles. The van der Waals surface area contributed by atoms with Gasteiger partial charge in [0.05, 0.1) is 12.0 Å². The Morgan fingerprint density at radius 2 is 1.81 bits per heavy atom.